The van der Waals surface area contributed by atoms with Crippen molar-refractivity contribution in [2.75, 3.05) is 13.6 Å². The molecule has 1 atom stereocenters. The molecule has 0 saturated heterocycles. The summed E-state index contributed by atoms with van der Waals surface area (Å²) < 4.78 is 0. The van der Waals surface area contributed by atoms with E-state index in [-0.39, 0.29) is 6.03 Å². The number of urea groups is 1. The average molecular weight is 240 g/mol. The van der Waals surface area contributed by atoms with Crippen LogP contribution in [0.4, 0.5) is 4.79 Å². The smallest absolute Gasteiger partial charge is 0.317 e. The van der Waals surface area contributed by atoms with Crippen LogP contribution in [0.3, 0.4) is 0 Å². The molecule has 90 valence electrons. The standard InChI is InChI=1S/C12H20N2OS/c1-4-10(2)8-14(3)12(15)13-7-11-5-6-16-9-11/h5-6,9-10H,4,7-8H2,1-3H3,(H,13,15)/t10-/m0/s1. The molecule has 1 aromatic heterocycles. The molecule has 0 aromatic carbocycles. The molecule has 0 saturated carbocycles. The number of carbonyl (C=O) groups is 1. The van der Waals surface area contributed by atoms with Gasteiger partial charge < -0.3 is 10.2 Å². The molecular formula is C12H20N2OS. The van der Waals surface area contributed by atoms with Crippen LogP contribution < -0.4 is 5.32 Å². The molecule has 0 aliphatic rings. The molecule has 0 bridgehead atoms. The summed E-state index contributed by atoms with van der Waals surface area (Å²) in [6.45, 7) is 5.73. The van der Waals surface area contributed by atoms with Crippen molar-refractivity contribution >= 4 is 17.4 Å². The number of nitrogens with one attached hydrogen (secondary N) is 1. The van der Waals surface area contributed by atoms with E-state index in [1.165, 1.54) is 0 Å². The monoisotopic (exact) mass is 240 g/mol. The predicted molar refractivity (Wildman–Crippen MR) is 68.6 cm³/mol. The Kier molecular flexibility index (Phi) is 5.32. The van der Waals surface area contributed by atoms with Crippen LogP contribution in [0.1, 0.15) is 25.8 Å². The Bertz CT molecular complexity index is 311. The summed E-state index contributed by atoms with van der Waals surface area (Å²) in [6, 6.07) is 2.03. The number of carbonyl (C=O) groups excluding carboxylic acids is 1. The minimum absolute atomic E-state index is 0.00602. The Labute approximate surface area is 101 Å². The molecule has 0 unspecified atom stereocenters. The first-order valence-electron chi connectivity index (χ1n) is 5.63. The highest BCUT2D eigenvalue weighted by Gasteiger charge is 2.10. The van der Waals surface area contributed by atoms with Gasteiger partial charge in [-0.1, -0.05) is 20.3 Å². The largest absolute Gasteiger partial charge is 0.334 e. The maximum absolute atomic E-state index is 11.7. The lowest BCUT2D eigenvalue weighted by atomic mass is 10.1. The lowest BCUT2D eigenvalue weighted by molar-refractivity contribution is 0.201. The van der Waals surface area contributed by atoms with Gasteiger partial charge in [-0.15, -0.1) is 0 Å². The third kappa shape index (κ3) is 4.23. The zero-order valence-corrected chi connectivity index (χ0v) is 11.0. The van der Waals surface area contributed by atoms with Crippen LogP contribution in [0, 0.1) is 5.92 Å². The fraction of sp³-hybridized carbons (Fsp3) is 0.583. The van der Waals surface area contributed by atoms with E-state index in [1.54, 1.807) is 16.2 Å². The highest BCUT2D eigenvalue weighted by molar-refractivity contribution is 7.07. The normalized spacial score (nSPS) is 12.2. The van der Waals surface area contributed by atoms with Gasteiger partial charge in [0.05, 0.1) is 0 Å². The zero-order chi connectivity index (χ0) is 12.0. The highest BCUT2D eigenvalue weighted by atomic mass is 32.1. The molecule has 1 aromatic rings. The van der Waals surface area contributed by atoms with Gasteiger partial charge in [-0.25, -0.2) is 4.79 Å². The predicted octanol–water partition coefficient (Wildman–Crippen LogP) is 2.94. The number of nitrogens with zero attached hydrogens (tertiary/aromatic N) is 1. The Morgan fingerprint density at radius 2 is 2.38 bits per heavy atom. The maximum Gasteiger partial charge on any atom is 0.317 e. The summed E-state index contributed by atoms with van der Waals surface area (Å²) in [4.78, 5) is 13.5. The van der Waals surface area contributed by atoms with Crippen LogP contribution in [0.5, 0.6) is 0 Å². The van der Waals surface area contributed by atoms with Crippen molar-refractivity contribution in [2.45, 2.75) is 26.8 Å². The van der Waals surface area contributed by atoms with Crippen LogP contribution >= 0.6 is 11.3 Å². The van der Waals surface area contributed by atoms with Crippen LogP contribution in [-0.2, 0) is 6.54 Å². The molecule has 0 radical (unpaired) electrons. The van der Waals surface area contributed by atoms with Crippen molar-refractivity contribution in [3.05, 3.63) is 22.4 Å². The Morgan fingerprint density at radius 3 is 2.94 bits per heavy atom. The first-order chi connectivity index (χ1) is 7.63. The number of rotatable bonds is 5. The summed E-state index contributed by atoms with van der Waals surface area (Å²) in [5, 5.41) is 6.98. The lowest BCUT2D eigenvalue weighted by Gasteiger charge is -2.21. The van der Waals surface area contributed by atoms with E-state index in [2.05, 4.69) is 24.5 Å². The summed E-state index contributed by atoms with van der Waals surface area (Å²) in [5.41, 5.74) is 1.16. The average Bonchev–Trinajstić information content (AvgIpc) is 2.78. The van der Waals surface area contributed by atoms with Crippen molar-refractivity contribution in [1.29, 1.82) is 0 Å². The molecule has 3 nitrogen and oxygen atoms in total. The van der Waals surface area contributed by atoms with Gasteiger partial charge in [0, 0.05) is 20.1 Å². The van der Waals surface area contributed by atoms with Crippen LogP contribution in [-0.4, -0.2) is 24.5 Å². The molecule has 0 aliphatic heterocycles. The number of hydrogen-bond acceptors (Lipinski definition) is 2. The SMILES string of the molecule is CC[C@H](C)CN(C)C(=O)NCc1ccsc1. The zero-order valence-electron chi connectivity index (χ0n) is 10.2. The van der Waals surface area contributed by atoms with Gasteiger partial charge in [0.25, 0.3) is 0 Å². The van der Waals surface area contributed by atoms with E-state index >= 15 is 0 Å². The molecular weight excluding hydrogens is 220 g/mol. The van der Waals surface area contributed by atoms with Crippen molar-refractivity contribution < 1.29 is 4.79 Å². The van der Waals surface area contributed by atoms with Crippen molar-refractivity contribution in [2.24, 2.45) is 5.92 Å². The second-order valence-corrected chi connectivity index (χ2v) is 4.96. The maximum atomic E-state index is 11.7. The lowest BCUT2D eigenvalue weighted by Crippen LogP contribution is -2.39. The Morgan fingerprint density at radius 1 is 1.62 bits per heavy atom. The molecule has 16 heavy (non-hydrogen) atoms. The first kappa shape index (κ1) is 13.0. The number of thiophene rings is 1. The molecule has 1 N–H and O–H groups in total. The minimum atomic E-state index is 0.00602. The fourth-order valence-corrected chi connectivity index (χ4v) is 2.05. The summed E-state index contributed by atoms with van der Waals surface area (Å²) in [7, 11) is 1.84. The van der Waals surface area contributed by atoms with Gasteiger partial charge in [-0.05, 0) is 28.3 Å². The Hall–Kier alpha value is -1.03. The fourth-order valence-electron chi connectivity index (χ4n) is 1.39. The molecule has 0 spiro atoms. The van der Waals surface area contributed by atoms with Gasteiger partial charge in [0.15, 0.2) is 0 Å². The molecule has 1 rings (SSSR count). The topological polar surface area (TPSA) is 32.3 Å². The van der Waals surface area contributed by atoms with E-state index < -0.39 is 0 Å². The number of amides is 2. The quantitative estimate of drug-likeness (QED) is 0.843. The van der Waals surface area contributed by atoms with Crippen LogP contribution in [0.2, 0.25) is 0 Å². The first-order valence-corrected chi connectivity index (χ1v) is 6.57. The van der Waals surface area contributed by atoms with Gasteiger partial charge in [0.2, 0.25) is 0 Å². The summed E-state index contributed by atoms with van der Waals surface area (Å²) in [5.74, 6) is 0.553. The third-order valence-corrected chi connectivity index (χ3v) is 3.39. The number of hydrogen-bond donors (Lipinski definition) is 1. The molecule has 2 amide bonds. The van der Waals surface area contributed by atoms with Crippen molar-refractivity contribution in [3.63, 3.8) is 0 Å². The van der Waals surface area contributed by atoms with Crippen LogP contribution in [0.25, 0.3) is 0 Å². The van der Waals surface area contributed by atoms with Gasteiger partial charge in [-0.3, -0.25) is 0 Å². The van der Waals surface area contributed by atoms with Crippen LogP contribution in [0.15, 0.2) is 16.8 Å². The molecule has 1 heterocycles. The second-order valence-electron chi connectivity index (χ2n) is 4.18. The second kappa shape index (κ2) is 6.53. The van der Waals surface area contributed by atoms with Crippen molar-refractivity contribution in [1.82, 2.24) is 10.2 Å². The van der Waals surface area contributed by atoms with Gasteiger partial charge in [-0.2, -0.15) is 11.3 Å². The summed E-state index contributed by atoms with van der Waals surface area (Å²) >= 11 is 1.65. The van der Waals surface area contributed by atoms with E-state index in [9.17, 15) is 4.79 Å². The van der Waals surface area contributed by atoms with Gasteiger partial charge in [0.1, 0.15) is 0 Å². The summed E-state index contributed by atoms with van der Waals surface area (Å²) in [6.07, 6.45) is 1.10. The van der Waals surface area contributed by atoms with E-state index in [0.29, 0.717) is 12.5 Å². The van der Waals surface area contributed by atoms with Gasteiger partial charge >= 0.3 is 6.03 Å². The highest BCUT2D eigenvalue weighted by Crippen LogP contribution is 2.06. The van der Waals surface area contributed by atoms with E-state index in [1.807, 2.05) is 18.5 Å². The minimum Gasteiger partial charge on any atom is -0.334 e. The molecule has 0 aliphatic carbocycles. The van der Waals surface area contributed by atoms with Crippen molar-refractivity contribution in [3.8, 4) is 0 Å². The van der Waals surface area contributed by atoms with E-state index in [0.717, 1.165) is 18.5 Å². The molecule has 0 fully saturated rings. The Balaban J connectivity index is 2.29. The van der Waals surface area contributed by atoms with E-state index in [4.69, 9.17) is 0 Å². The third-order valence-electron chi connectivity index (χ3n) is 2.65. The molecule has 4 heteroatoms.